The molecule has 188 valence electrons. The van der Waals surface area contributed by atoms with Crippen LogP contribution in [0, 0.1) is 5.82 Å². The molecule has 1 heterocycles. The minimum atomic E-state index is -0.918. The molecule has 6 heteroatoms. The molecule has 36 heavy (non-hydrogen) atoms. The summed E-state index contributed by atoms with van der Waals surface area (Å²) in [7, 11) is 3.05. The number of methoxy groups -OCH3 is 2. The highest BCUT2D eigenvalue weighted by Crippen LogP contribution is 2.33. The zero-order valence-electron chi connectivity index (χ0n) is 20.7. The van der Waals surface area contributed by atoms with Gasteiger partial charge in [-0.05, 0) is 72.2 Å². The van der Waals surface area contributed by atoms with Gasteiger partial charge in [-0.3, -0.25) is 4.79 Å². The van der Waals surface area contributed by atoms with Crippen LogP contribution < -0.4 is 9.47 Å². The molecule has 0 bridgehead atoms. The zero-order valence-corrected chi connectivity index (χ0v) is 20.7. The Morgan fingerprint density at radius 2 is 1.69 bits per heavy atom. The first-order chi connectivity index (χ1) is 17.4. The van der Waals surface area contributed by atoms with Crippen molar-refractivity contribution in [3.8, 4) is 11.5 Å². The summed E-state index contributed by atoms with van der Waals surface area (Å²) in [5.41, 5.74) is 2.57. The normalized spacial score (nSPS) is 15.4. The number of likely N-dealkylation sites (tertiary alicyclic amines) is 1. The lowest BCUT2D eigenvalue weighted by molar-refractivity contribution is -0.130. The third kappa shape index (κ3) is 5.94. The van der Waals surface area contributed by atoms with Crippen molar-refractivity contribution in [2.24, 2.45) is 0 Å². The van der Waals surface area contributed by atoms with Crippen molar-refractivity contribution in [1.29, 1.82) is 0 Å². The molecular formula is C30H32FNO4. The van der Waals surface area contributed by atoms with E-state index >= 15 is 0 Å². The van der Waals surface area contributed by atoms with Crippen molar-refractivity contribution >= 4 is 11.5 Å². The number of benzene rings is 3. The van der Waals surface area contributed by atoms with Gasteiger partial charge in [0.25, 0.3) is 0 Å². The summed E-state index contributed by atoms with van der Waals surface area (Å²) < 4.78 is 24.5. The van der Waals surface area contributed by atoms with Crippen molar-refractivity contribution in [3.05, 3.63) is 101 Å². The molecular weight excluding hydrogens is 457 g/mol. The Labute approximate surface area is 211 Å². The summed E-state index contributed by atoms with van der Waals surface area (Å²) in [6.45, 7) is 0.945. The van der Waals surface area contributed by atoms with Crippen molar-refractivity contribution in [2.45, 2.75) is 31.3 Å². The summed E-state index contributed by atoms with van der Waals surface area (Å²) in [6, 6.07) is 22.1. The topological polar surface area (TPSA) is 59.0 Å². The number of aryl methyl sites for hydroxylation is 1. The van der Waals surface area contributed by atoms with E-state index in [0.29, 0.717) is 38.8 Å². The van der Waals surface area contributed by atoms with Gasteiger partial charge in [-0.1, -0.05) is 48.5 Å². The fourth-order valence-electron chi connectivity index (χ4n) is 4.62. The summed E-state index contributed by atoms with van der Waals surface area (Å²) in [4.78, 5) is 15.1. The Morgan fingerprint density at radius 3 is 2.31 bits per heavy atom. The molecule has 0 atom stereocenters. The van der Waals surface area contributed by atoms with Crippen LogP contribution in [0.15, 0.2) is 78.9 Å². The van der Waals surface area contributed by atoms with Crippen molar-refractivity contribution in [1.82, 2.24) is 4.90 Å². The molecule has 1 N–H and O–H groups in total. The number of piperidine rings is 1. The minimum absolute atomic E-state index is 0.0863. The van der Waals surface area contributed by atoms with Gasteiger partial charge >= 0.3 is 0 Å². The van der Waals surface area contributed by atoms with Gasteiger partial charge in [0.05, 0.1) is 19.8 Å². The highest BCUT2D eigenvalue weighted by molar-refractivity contribution is 5.95. The van der Waals surface area contributed by atoms with Crippen LogP contribution in [0.5, 0.6) is 11.5 Å². The lowest BCUT2D eigenvalue weighted by Gasteiger charge is -2.38. The summed E-state index contributed by atoms with van der Waals surface area (Å²) in [5.74, 6) is 0.454. The Morgan fingerprint density at radius 1 is 1.00 bits per heavy atom. The highest BCUT2D eigenvalue weighted by Gasteiger charge is 2.35. The first kappa shape index (κ1) is 25.5. The van der Waals surface area contributed by atoms with Crippen molar-refractivity contribution in [3.63, 3.8) is 0 Å². The van der Waals surface area contributed by atoms with Crippen LogP contribution in [0.3, 0.4) is 0 Å². The molecule has 1 saturated heterocycles. The molecule has 5 nitrogen and oxygen atoms in total. The van der Waals surface area contributed by atoms with Crippen LogP contribution in [-0.4, -0.2) is 43.2 Å². The summed E-state index contributed by atoms with van der Waals surface area (Å²) in [6.07, 6.45) is 3.78. The first-order valence-corrected chi connectivity index (χ1v) is 12.2. The molecule has 0 radical (unpaired) electrons. The molecule has 3 aromatic rings. The second-order valence-electron chi connectivity index (χ2n) is 9.09. The van der Waals surface area contributed by atoms with Crippen LogP contribution in [0.25, 0.3) is 5.57 Å². The first-order valence-electron chi connectivity index (χ1n) is 12.2. The van der Waals surface area contributed by atoms with Gasteiger partial charge in [0.1, 0.15) is 5.75 Å². The van der Waals surface area contributed by atoms with Gasteiger partial charge < -0.3 is 19.5 Å². The number of hydrogen-bond donors (Lipinski definition) is 1. The fraction of sp³-hybridized carbons (Fsp3) is 0.300. The molecule has 4 rings (SSSR count). The number of amides is 1. The molecule has 3 aromatic carbocycles. The van der Waals surface area contributed by atoms with Crippen molar-refractivity contribution in [2.75, 3.05) is 27.3 Å². The Kier molecular flexibility index (Phi) is 8.06. The van der Waals surface area contributed by atoms with Crippen LogP contribution in [0.1, 0.15) is 36.0 Å². The lowest BCUT2D eigenvalue weighted by atomic mass is 9.84. The Balaban J connectivity index is 1.50. The molecule has 0 spiro atoms. The van der Waals surface area contributed by atoms with Crippen LogP contribution in [0.4, 0.5) is 4.39 Å². The van der Waals surface area contributed by atoms with E-state index in [2.05, 4.69) is 0 Å². The average Bonchev–Trinajstić information content (AvgIpc) is 2.92. The predicted octanol–water partition coefficient (Wildman–Crippen LogP) is 5.37. The quantitative estimate of drug-likeness (QED) is 0.432. The lowest BCUT2D eigenvalue weighted by Crippen LogP contribution is -2.44. The number of rotatable bonds is 8. The van der Waals surface area contributed by atoms with E-state index in [1.165, 1.54) is 13.2 Å². The van der Waals surface area contributed by atoms with E-state index in [-0.39, 0.29) is 11.7 Å². The molecule has 0 aromatic heterocycles. The van der Waals surface area contributed by atoms with E-state index in [1.807, 2.05) is 60.7 Å². The molecule has 1 amide bonds. The third-order valence-corrected chi connectivity index (χ3v) is 6.87. The number of carbonyl (C=O) groups excluding carboxylic acids is 1. The maximum atomic E-state index is 14.2. The largest absolute Gasteiger partial charge is 0.497 e. The highest BCUT2D eigenvalue weighted by atomic mass is 19.1. The maximum Gasteiger partial charge on any atom is 0.246 e. The molecule has 1 aliphatic rings. The molecule has 0 aliphatic carbocycles. The van der Waals surface area contributed by atoms with Gasteiger partial charge in [-0.25, -0.2) is 4.39 Å². The molecule has 0 saturated carbocycles. The summed E-state index contributed by atoms with van der Waals surface area (Å²) in [5, 5.41) is 11.1. The second kappa shape index (κ2) is 11.4. The van der Waals surface area contributed by atoms with Crippen molar-refractivity contribution < 1.29 is 23.8 Å². The number of hydrogen-bond acceptors (Lipinski definition) is 4. The molecule has 0 unspecified atom stereocenters. The second-order valence-corrected chi connectivity index (χ2v) is 9.09. The fourth-order valence-corrected chi connectivity index (χ4v) is 4.62. The van der Waals surface area contributed by atoms with Gasteiger partial charge in [0.2, 0.25) is 5.91 Å². The average molecular weight is 490 g/mol. The molecule has 1 fully saturated rings. The van der Waals surface area contributed by atoms with E-state index < -0.39 is 11.4 Å². The van der Waals surface area contributed by atoms with E-state index in [0.717, 1.165) is 28.0 Å². The van der Waals surface area contributed by atoms with Crippen LogP contribution in [0.2, 0.25) is 0 Å². The minimum Gasteiger partial charge on any atom is -0.497 e. The number of nitrogens with zero attached hydrogens (tertiary/aromatic N) is 1. The van der Waals surface area contributed by atoms with Gasteiger partial charge in [-0.15, -0.1) is 0 Å². The summed E-state index contributed by atoms with van der Waals surface area (Å²) >= 11 is 0. The maximum absolute atomic E-state index is 14.2. The zero-order chi connectivity index (χ0) is 25.5. The number of halogens is 1. The van der Waals surface area contributed by atoms with Gasteiger partial charge in [0.15, 0.2) is 11.6 Å². The third-order valence-electron chi connectivity index (χ3n) is 6.87. The standard InChI is InChI=1S/C30H32FNO4/c1-35-26-13-11-23(12-14-26)24(10-8-22-9-15-28(36-2)27(31)20-22)21-29(33)32-18-16-30(34,17-19-32)25-6-4-3-5-7-25/h3-7,9,11-15,20-21,34H,8,10,16-19H2,1-2H3/b24-21-. The predicted molar refractivity (Wildman–Crippen MR) is 138 cm³/mol. The smallest absolute Gasteiger partial charge is 0.246 e. The van der Waals surface area contributed by atoms with Crippen LogP contribution >= 0.6 is 0 Å². The number of carbonyl (C=O) groups is 1. The van der Waals surface area contributed by atoms with Gasteiger partial charge in [-0.2, -0.15) is 0 Å². The number of allylic oxidation sites excluding steroid dienone is 1. The van der Waals surface area contributed by atoms with Gasteiger partial charge in [0, 0.05) is 19.2 Å². The molecule has 1 aliphatic heterocycles. The monoisotopic (exact) mass is 489 g/mol. The SMILES string of the molecule is COc1ccc(/C(=C\C(=O)N2CCC(O)(c3ccccc3)CC2)CCc2ccc(OC)c(F)c2)cc1. The van der Waals surface area contributed by atoms with E-state index in [1.54, 1.807) is 24.2 Å². The van der Waals surface area contributed by atoms with E-state index in [9.17, 15) is 14.3 Å². The Bertz CT molecular complexity index is 1200. The number of aliphatic hydroxyl groups is 1. The van der Waals surface area contributed by atoms with Crippen LogP contribution in [-0.2, 0) is 16.8 Å². The Hall–Kier alpha value is -3.64. The number of ether oxygens (including phenoxy) is 2. The van der Waals surface area contributed by atoms with E-state index in [4.69, 9.17) is 9.47 Å².